The SMILES string of the molecule is CC1CCC(C(C)(C)c2cnnn2C)C(=O)C1. The largest absolute Gasteiger partial charge is 0.299 e. The van der Waals surface area contributed by atoms with Gasteiger partial charge in [0.2, 0.25) is 0 Å². The van der Waals surface area contributed by atoms with Gasteiger partial charge in [0.1, 0.15) is 5.78 Å². The Morgan fingerprint density at radius 3 is 2.65 bits per heavy atom. The summed E-state index contributed by atoms with van der Waals surface area (Å²) in [4.78, 5) is 12.2. The van der Waals surface area contributed by atoms with Crippen LogP contribution in [-0.4, -0.2) is 20.8 Å². The molecule has 2 rings (SSSR count). The second kappa shape index (κ2) is 4.24. The summed E-state index contributed by atoms with van der Waals surface area (Å²) < 4.78 is 1.78. The van der Waals surface area contributed by atoms with Gasteiger partial charge < -0.3 is 0 Å². The van der Waals surface area contributed by atoms with E-state index < -0.39 is 0 Å². The van der Waals surface area contributed by atoms with Gasteiger partial charge in [0.25, 0.3) is 0 Å². The Labute approximate surface area is 102 Å². The maximum Gasteiger partial charge on any atom is 0.137 e. The summed E-state index contributed by atoms with van der Waals surface area (Å²) in [5.74, 6) is 1.05. The smallest absolute Gasteiger partial charge is 0.137 e. The first-order chi connectivity index (χ1) is 7.93. The van der Waals surface area contributed by atoms with Gasteiger partial charge in [0, 0.05) is 24.8 Å². The lowest BCUT2D eigenvalue weighted by molar-refractivity contribution is -0.128. The number of hydrogen-bond donors (Lipinski definition) is 0. The highest BCUT2D eigenvalue weighted by Gasteiger charge is 2.40. The zero-order chi connectivity index (χ0) is 12.6. The van der Waals surface area contributed by atoms with Crippen molar-refractivity contribution in [1.29, 1.82) is 0 Å². The fraction of sp³-hybridized carbons (Fsp3) is 0.769. The van der Waals surface area contributed by atoms with Crippen LogP contribution >= 0.6 is 0 Å². The zero-order valence-electron chi connectivity index (χ0n) is 11.1. The van der Waals surface area contributed by atoms with E-state index in [1.54, 1.807) is 10.9 Å². The summed E-state index contributed by atoms with van der Waals surface area (Å²) in [6.07, 6.45) is 4.63. The molecule has 1 fully saturated rings. The molecule has 0 bridgehead atoms. The molecule has 0 aromatic carbocycles. The molecule has 1 aromatic heterocycles. The van der Waals surface area contributed by atoms with Crippen LogP contribution in [0, 0.1) is 11.8 Å². The first-order valence-corrected chi connectivity index (χ1v) is 6.30. The molecular formula is C13H21N3O. The number of hydrogen-bond acceptors (Lipinski definition) is 3. The second-order valence-electron chi connectivity index (χ2n) is 5.87. The van der Waals surface area contributed by atoms with Crippen LogP contribution in [0.5, 0.6) is 0 Å². The maximum atomic E-state index is 12.2. The number of Topliss-reactive ketones (excluding diaryl/α,β-unsaturated/α-hetero) is 1. The number of rotatable bonds is 2. The van der Waals surface area contributed by atoms with Crippen molar-refractivity contribution in [2.45, 2.75) is 45.4 Å². The molecule has 1 aliphatic rings. The minimum Gasteiger partial charge on any atom is -0.299 e. The van der Waals surface area contributed by atoms with Crippen molar-refractivity contribution in [3.63, 3.8) is 0 Å². The first-order valence-electron chi connectivity index (χ1n) is 6.30. The van der Waals surface area contributed by atoms with Crippen molar-refractivity contribution in [3.05, 3.63) is 11.9 Å². The summed E-state index contributed by atoms with van der Waals surface area (Å²) in [6, 6.07) is 0. The number of aryl methyl sites for hydroxylation is 1. The van der Waals surface area contributed by atoms with E-state index in [9.17, 15) is 4.79 Å². The number of ketones is 1. The summed E-state index contributed by atoms with van der Waals surface area (Å²) >= 11 is 0. The average Bonchev–Trinajstić information content (AvgIpc) is 2.64. The monoisotopic (exact) mass is 235 g/mol. The Morgan fingerprint density at radius 2 is 2.12 bits per heavy atom. The van der Waals surface area contributed by atoms with E-state index in [1.165, 1.54) is 0 Å². The molecule has 1 heterocycles. The quantitative estimate of drug-likeness (QED) is 0.788. The predicted molar refractivity (Wildman–Crippen MR) is 65.5 cm³/mol. The Hall–Kier alpha value is -1.19. The normalized spacial score (nSPS) is 26.2. The van der Waals surface area contributed by atoms with Gasteiger partial charge >= 0.3 is 0 Å². The third kappa shape index (κ3) is 2.13. The fourth-order valence-electron chi connectivity index (χ4n) is 3.01. The van der Waals surface area contributed by atoms with Crippen LogP contribution in [0.25, 0.3) is 0 Å². The molecule has 0 spiro atoms. The highest BCUT2D eigenvalue weighted by Crippen LogP contribution is 2.39. The molecule has 0 amide bonds. The highest BCUT2D eigenvalue weighted by atomic mass is 16.1. The molecule has 4 nitrogen and oxygen atoms in total. The molecule has 0 radical (unpaired) electrons. The minimum absolute atomic E-state index is 0.107. The lowest BCUT2D eigenvalue weighted by atomic mass is 9.67. The Balaban J connectivity index is 2.27. The molecule has 17 heavy (non-hydrogen) atoms. The Morgan fingerprint density at radius 1 is 1.41 bits per heavy atom. The van der Waals surface area contributed by atoms with Crippen LogP contribution in [0.1, 0.15) is 45.7 Å². The summed E-state index contributed by atoms with van der Waals surface area (Å²) in [5.41, 5.74) is 0.876. The fourth-order valence-corrected chi connectivity index (χ4v) is 3.01. The van der Waals surface area contributed by atoms with Gasteiger partial charge in [0.05, 0.1) is 11.9 Å². The molecular weight excluding hydrogens is 214 g/mol. The molecule has 94 valence electrons. The predicted octanol–water partition coefficient (Wildman–Crippen LogP) is 2.10. The van der Waals surface area contributed by atoms with Crippen LogP contribution in [0.2, 0.25) is 0 Å². The van der Waals surface area contributed by atoms with Crippen LogP contribution < -0.4 is 0 Å². The Bertz CT molecular complexity index is 422. The molecule has 0 aliphatic heterocycles. The third-order valence-electron chi connectivity index (χ3n) is 4.13. The summed E-state index contributed by atoms with van der Waals surface area (Å²) in [7, 11) is 1.89. The van der Waals surface area contributed by atoms with E-state index in [1.807, 2.05) is 7.05 Å². The topological polar surface area (TPSA) is 47.8 Å². The zero-order valence-corrected chi connectivity index (χ0v) is 11.1. The van der Waals surface area contributed by atoms with E-state index in [2.05, 4.69) is 31.1 Å². The van der Waals surface area contributed by atoms with Crippen molar-refractivity contribution >= 4 is 5.78 Å². The number of nitrogens with zero attached hydrogens (tertiary/aromatic N) is 3. The number of aromatic nitrogens is 3. The molecule has 0 N–H and O–H groups in total. The minimum atomic E-state index is -0.171. The molecule has 2 atom stereocenters. The van der Waals surface area contributed by atoms with E-state index in [0.717, 1.165) is 25.0 Å². The van der Waals surface area contributed by atoms with Gasteiger partial charge in [-0.3, -0.25) is 9.48 Å². The van der Waals surface area contributed by atoms with Crippen molar-refractivity contribution in [2.24, 2.45) is 18.9 Å². The van der Waals surface area contributed by atoms with Gasteiger partial charge in [-0.25, -0.2) is 0 Å². The van der Waals surface area contributed by atoms with E-state index >= 15 is 0 Å². The van der Waals surface area contributed by atoms with E-state index in [0.29, 0.717) is 11.7 Å². The van der Waals surface area contributed by atoms with Crippen molar-refractivity contribution in [2.75, 3.05) is 0 Å². The van der Waals surface area contributed by atoms with E-state index in [4.69, 9.17) is 0 Å². The Kier molecular flexibility index (Phi) is 3.06. The second-order valence-corrected chi connectivity index (χ2v) is 5.87. The number of carbonyl (C=O) groups excluding carboxylic acids is 1. The average molecular weight is 235 g/mol. The van der Waals surface area contributed by atoms with Gasteiger partial charge in [-0.05, 0) is 18.8 Å². The van der Waals surface area contributed by atoms with Crippen LogP contribution in [0.3, 0.4) is 0 Å². The van der Waals surface area contributed by atoms with Crippen molar-refractivity contribution in [1.82, 2.24) is 15.0 Å². The molecule has 1 saturated carbocycles. The van der Waals surface area contributed by atoms with Gasteiger partial charge in [-0.15, -0.1) is 5.10 Å². The molecule has 2 unspecified atom stereocenters. The van der Waals surface area contributed by atoms with Gasteiger partial charge in [-0.2, -0.15) is 0 Å². The number of carbonyl (C=O) groups is 1. The van der Waals surface area contributed by atoms with E-state index in [-0.39, 0.29) is 11.3 Å². The van der Waals surface area contributed by atoms with Crippen molar-refractivity contribution < 1.29 is 4.79 Å². The molecule has 1 aliphatic carbocycles. The highest BCUT2D eigenvalue weighted by molar-refractivity contribution is 5.83. The summed E-state index contributed by atoms with van der Waals surface area (Å²) in [5, 5.41) is 7.90. The van der Waals surface area contributed by atoms with Crippen LogP contribution in [-0.2, 0) is 17.3 Å². The molecule has 1 aromatic rings. The lowest BCUT2D eigenvalue weighted by Crippen LogP contribution is -2.39. The van der Waals surface area contributed by atoms with Crippen LogP contribution in [0.15, 0.2) is 6.20 Å². The lowest BCUT2D eigenvalue weighted by Gasteiger charge is -2.37. The molecule has 0 saturated heterocycles. The first kappa shape index (κ1) is 12.3. The maximum absolute atomic E-state index is 12.2. The van der Waals surface area contributed by atoms with Gasteiger partial charge in [0.15, 0.2) is 0 Å². The molecule has 4 heteroatoms. The van der Waals surface area contributed by atoms with Crippen molar-refractivity contribution in [3.8, 4) is 0 Å². The summed E-state index contributed by atoms with van der Waals surface area (Å²) in [6.45, 7) is 6.42. The third-order valence-corrected chi connectivity index (χ3v) is 4.13. The standard InChI is InChI=1S/C13H21N3O/c1-9-5-6-10(11(17)7-9)13(2,3)12-8-14-15-16(12)4/h8-10H,5-7H2,1-4H3. The van der Waals surface area contributed by atoms with Gasteiger partial charge in [-0.1, -0.05) is 26.0 Å². The van der Waals surface area contributed by atoms with Crippen LogP contribution in [0.4, 0.5) is 0 Å².